The Hall–Kier alpha value is -2.43. The summed E-state index contributed by atoms with van der Waals surface area (Å²) in [5.74, 6) is 0.0596. The van der Waals surface area contributed by atoms with Crippen LogP contribution in [-0.4, -0.2) is 27.8 Å². The first-order valence-electron chi connectivity index (χ1n) is 6.44. The summed E-state index contributed by atoms with van der Waals surface area (Å²) in [4.78, 5) is 21.0. The summed E-state index contributed by atoms with van der Waals surface area (Å²) < 4.78 is 0. The average Bonchev–Trinajstić information content (AvgIpc) is 2.46. The molecule has 0 radical (unpaired) electrons. The maximum absolute atomic E-state index is 11.2. The van der Waals surface area contributed by atoms with Gasteiger partial charge in [0.05, 0.1) is 12.2 Å². The number of anilines is 1. The number of carbonyl (C=O) groups is 1. The van der Waals surface area contributed by atoms with E-state index in [4.69, 9.17) is 0 Å². The molecular formula is C15H18N4O. The molecule has 0 aliphatic carbocycles. The van der Waals surface area contributed by atoms with Gasteiger partial charge in [-0.25, -0.2) is 9.97 Å². The van der Waals surface area contributed by atoms with Gasteiger partial charge in [-0.2, -0.15) is 0 Å². The SMILES string of the molecule is CC(=O)N(C)Cc1cccc(NCc2ccncn2)c1. The molecule has 0 atom stereocenters. The molecule has 2 aromatic rings. The molecule has 1 aromatic heterocycles. The molecule has 1 amide bonds. The molecule has 104 valence electrons. The van der Waals surface area contributed by atoms with Crippen molar-refractivity contribution in [1.82, 2.24) is 14.9 Å². The summed E-state index contributed by atoms with van der Waals surface area (Å²) in [6, 6.07) is 9.90. The quantitative estimate of drug-likeness (QED) is 0.903. The van der Waals surface area contributed by atoms with Gasteiger partial charge < -0.3 is 10.2 Å². The Morgan fingerprint density at radius 2 is 2.20 bits per heavy atom. The Morgan fingerprint density at radius 3 is 2.90 bits per heavy atom. The Balaban J connectivity index is 1.97. The van der Waals surface area contributed by atoms with Crippen LogP contribution in [0.25, 0.3) is 0 Å². The highest BCUT2D eigenvalue weighted by molar-refractivity contribution is 5.72. The summed E-state index contributed by atoms with van der Waals surface area (Å²) in [5, 5.41) is 3.31. The van der Waals surface area contributed by atoms with Crippen LogP contribution >= 0.6 is 0 Å². The Bertz CT molecular complexity index is 571. The fraction of sp³-hybridized carbons (Fsp3) is 0.267. The molecule has 0 saturated carbocycles. The molecule has 0 bridgehead atoms. The molecule has 5 nitrogen and oxygen atoms in total. The van der Waals surface area contributed by atoms with Crippen LogP contribution in [0.2, 0.25) is 0 Å². The fourth-order valence-electron chi connectivity index (χ4n) is 1.78. The number of rotatable bonds is 5. The van der Waals surface area contributed by atoms with E-state index < -0.39 is 0 Å². The van der Waals surface area contributed by atoms with E-state index in [1.807, 2.05) is 30.3 Å². The molecule has 0 fully saturated rings. The van der Waals surface area contributed by atoms with Crippen molar-refractivity contribution in [1.29, 1.82) is 0 Å². The molecule has 1 aromatic carbocycles. The van der Waals surface area contributed by atoms with Crippen molar-refractivity contribution in [2.45, 2.75) is 20.0 Å². The molecule has 0 aliphatic rings. The molecule has 0 aliphatic heterocycles. The van der Waals surface area contributed by atoms with Crippen LogP contribution in [0.3, 0.4) is 0 Å². The molecule has 0 unspecified atom stereocenters. The molecule has 1 N–H and O–H groups in total. The first kappa shape index (κ1) is 14.0. The minimum Gasteiger partial charge on any atom is -0.379 e. The maximum atomic E-state index is 11.2. The van der Waals surface area contributed by atoms with Gasteiger partial charge in [-0.1, -0.05) is 12.1 Å². The summed E-state index contributed by atoms with van der Waals surface area (Å²) in [6.45, 7) is 2.82. The molecule has 20 heavy (non-hydrogen) atoms. The minimum atomic E-state index is 0.0596. The Labute approximate surface area is 118 Å². The van der Waals surface area contributed by atoms with Crippen LogP contribution in [0.5, 0.6) is 0 Å². The van der Waals surface area contributed by atoms with Gasteiger partial charge in [0.2, 0.25) is 5.91 Å². The van der Waals surface area contributed by atoms with Crippen LogP contribution < -0.4 is 5.32 Å². The maximum Gasteiger partial charge on any atom is 0.219 e. The van der Waals surface area contributed by atoms with Gasteiger partial charge in [0, 0.05) is 32.4 Å². The monoisotopic (exact) mass is 270 g/mol. The topological polar surface area (TPSA) is 58.1 Å². The van der Waals surface area contributed by atoms with E-state index in [1.165, 1.54) is 6.33 Å². The molecular weight excluding hydrogens is 252 g/mol. The van der Waals surface area contributed by atoms with Gasteiger partial charge in [0.15, 0.2) is 0 Å². The van der Waals surface area contributed by atoms with Crippen LogP contribution in [0.4, 0.5) is 5.69 Å². The third kappa shape index (κ3) is 4.05. The predicted molar refractivity (Wildman–Crippen MR) is 77.9 cm³/mol. The number of aromatic nitrogens is 2. The second kappa shape index (κ2) is 6.65. The van der Waals surface area contributed by atoms with Crippen LogP contribution in [0, 0.1) is 0 Å². The first-order chi connectivity index (χ1) is 9.65. The Morgan fingerprint density at radius 1 is 1.35 bits per heavy atom. The minimum absolute atomic E-state index is 0.0596. The number of nitrogens with zero attached hydrogens (tertiary/aromatic N) is 3. The number of benzene rings is 1. The molecule has 1 heterocycles. The van der Waals surface area contributed by atoms with Crippen LogP contribution in [0.15, 0.2) is 42.9 Å². The van der Waals surface area contributed by atoms with Gasteiger partial charge in [-0.15, -0.1) is 0 Å². The lowest BCUT2D eigenvalue weighted by molar-refractivity contribution is -0.128. The van der Waals surface area contributed by atoms with Gasteiger partial charge in [-0.05, 0) is 23.8 Å². The number of hydrogen-bond acceptors (Lipinski definition) is 4. The largest absolute Gasteiger partial charge is 0.379 e. The van der Waals surface area contributed by atoms with E-state index >= 15 is 0 Å². The Kier molecular flexibility index (Phi) is 4.65. The highest BCUT2D eigenvalue weighted by Crippen LogP contribution is 2.13. The number of hydrogen-bond donors (Lipinski definition) is 1. The average molecular weight is 270 g/mol. The zero-order valence-electron chi connectivity index (χ0n) is 11.7. The molecule has 5 heteroatoms. The molecule has 2 rings (SSSR count). The van der Waals surface area contributed by atoms with E-state index in [0.717, 1.165) is 16.9 Å². The van der Waals surface area contributed by atoms with Gasteiger partial charge in [-0.3, -0.25) is 4.79 Å². The van der Waals surface area contributed by atoms with Crippen molar-refractivity contribution in [3.05, 3.63) is 54.1 Å². The van der Waals surface area contributed by atoms with Crippen molar-refractivity contribution >= 4 is 11.6 Å². The van der Waals surface area contributed by atoms with E-state index in [0.29, 0.717) is 13.1 Å². The highest BCUT2D eigenvalue weighted by Gasteiger charge is 2.04. The molecule has 0 saturated heterocycles. The van der Waals surface area contributed by atoms with E-state index in [2.05, 4.69) is 15.3 Å². The summed E-state index contributed by atoms with van der Waals surface area (Å²) in [5.41, 5.74) is 3.04. The van der Waals surface area contributed by atoms with Crippen LogP contribution in [0.1, 0.15) is 18.2 Å². The van der Waals surface area contributed by atoms with Gasteiger partial charge >= 0.3 is 0 Å². The third-order valence-electron chi connectivity index (χ3n) is 3.00. The van der Waals surface area contributed by atoms with E-state index in [1.54, 1.807) is 25.1 Å². The lowest BCUT2D eigenvalue weighted by Crippen LogP contribution is -2.23. The second-order valence-corrected chi connectivity index (χ2v) is 4.63. The predicted octanol–water partition coefficient (Wildman–Crippen LogP) is 2.07. The number of amides is 1. The van der Waals surface area contributed by atoms with Crippen molar-refractivity contribution in [2.75, 3.05) is 12.4 Å². The normalized spacial score (nSPS) is 10.1. The summed E-state index contributed by atoms with van der Waals surface area (Å²) in [6.07, 6.45) is 3.26. The van der Waals surface area contributed by atoms with E-state index in [9.17, 15) is 4.79 Å². The standard InChI is InChI=1S/C15H18N4O/c1-12(20)19(2)10-13-4-3-5-14(8-13)17-9-15-6-7-16-11-18-15/h3-8,11,17H,9-10H2,1-2H3. The van der Waals surface area contributed by atoms with Crippen molar-refractivity contribution < 1.29 is 4.79 Å². The molecule has 0 spiro atoms. The van der Waals surface area contributed by atoms with Crippen LogP contribution in [-0.2, 0) is 17.9 Å². The van der Waals surface area contributed by atoms with Crippen molar-refractivity contribution in [3.63, 3.8) is 0 Å². The number of carbonyl (C=O) groups excluding carboxylic acids is 1. The number of nitrogens with one attached hydrogen (secondary N) is 1. The summed E-state index contributed by atoms with van der Waals surface area (Å²) in [7, 11) is 1.79. The van der Waals surface area contributed by atoms with E-state index in [-0.39, 0.29) is 5.91 Å². The fourth-order valence-corrected chi connectivity index (χ4v) is 1.78. The smallest absolute Gasteiger partial charge is 0.219 e. The van der Waals surface area contributed by atoms with Crippen molar-refractivity contribution in [3.8, 4) is 0 Å². The summed E-state index contributed by atoms with van der Waals surface area (Å²) >= 11 is 0. The van der Waals surface area contributed by atoms with Gasteiger partial charge in [0.25, 0.3) is 0 Å². The second-order valence-electron chi connectivity index (χ2n) is 4.63. The third-order valence-corrected chi connectivity index (χ3v) is 3.00. The zero-order chi connectivity index (χ0) is 14.4. The highest BCUT2D eigenvalue weighted by atomic mass is 16.2. The van der Waals surface area contributed by atoms with Gasteiger partial charge in [0.1, 0.15) is 6.33 Å². The first-order valence-corrected chi connectivity index (χ1v) is 6.44. The lowest BCUT2D eigenvalue weighted by atomic mass is 10.2. The zero-order valence-corrected chi connectivity index (χ0v) is 11.7. The lowest BCUT2D eigenvalue weighted by Gasteiger charge is -2.15. The van der Waals surface area contributed by atoms with Crippen molar-refractivity contribution in [2.24, 2.45) is 0 Å².